The molecule has 17 heavy (non-hydrogen) atoms. The van der Waals surface area contributed by atoms with E-state index < -0.39 is 0 Å². The van der Waals surface area contributed by atoms with Gasteiger partial charge in [0.2, 0.25) is 0 Å². The molecule has 1 aromatic rings. The van der Waals surface area contributed by atoms with Crippen LogP contribution in [0.1, 0.15) is 18.7 Å². The molecule has 3 nitrogen and oxygen atoms in total. The van der Waals surface area contributed by atoms with Gasteiger partial charge in [0.1, 0.15) is 0 Å². The summed E-state index contributed by atoms with van der Waals surface area (Å²) >= 11 is 1.83. The SMILES string of the molecule is CC(C)N(Cc1cccs1)CC1CNCCO1. The molecule has 0 bridgehead atoms. The molecule has 0 saturated carbocycles. The Bertz CT molecular complexity index is 307. The van der Waals surface area contributed by atoms with E-state index in [0.29, 0.717) is 12.1 Å². The lowest BCUT2D eigenvalue weighted by molar-refractivity contribution is -0.00206. The van der Waals surface area contributed by atoms with E-state index in [-0.39, 0.29) is 0 Å². The molecule has 1 saturated heterocycles. The smallest absolute Gasteiger partial charge is 0.0826 e. The monoisotopic (exact) mass is 254 g/mol. The van der Waals surface area contributed by atoms with Gasteiger partial charge in [-0.05, 0) is 25.3 Å². The molecular formula is C13H22N2OS. The van der Waals surface area contributed by atoms with E-state index in [1.54, 1.807) is 0 Å². The van der Waals surface area contributed by atoms with Crippen molar-refractivity contribution in [3.63, 3.8) is 0 Å². The van der Waals surface area contributed by atoms with Gasteiger partial charge >= 0.3 is 0 Å². The van der Waals surface area contributed by atoms with Crippen LogP contribution in [-0.2, 0) is 11.3 Å². The van der Waals surface area contributed by atoms with Crippen LogP contribution in [0.2, 0.25) is 0 Å². The summed E-state index contributed by atoms with van der Waals surface area (Å²) in [6.45, 7) is 9.37. The van der Waals surface area contributed by atoms with Crippen LogP contribution >= 0.6 is 11.3 Å². The van der Waals surface area contributed by atoms with Gasteiger partial charge in [-0.25, -0.2) is 0 Å². The molecule has 2 rings (SSSR count). The standard InChI is InChI=1S/C13H22N2OS/c1-11(2)15(10-13-4-3-7-17-13)9-12-8-14-5-6-16-12/h3-4,7,11-12,14H,5-6,8-10H2,1-2H3. The van der Waals surface area contributed by atoms with Crippen LogP contribution < -0.4 is 5.32 Å². The summed E-state index contributed by atoms with van der Waals surface area (Å²) in [5.74, 6) is 0. The van der Waals surface area contributed by atoms with E-state index in [4.69, 9.17) is 4.74 Å². The quantitative estimate of drug-likeness (QED) is 0.869. The maximum absolute atomic E-state index is 5.78. The Balaban J connectivity index is 1.87. The predicted octanol–water partition coefficient (Wildman–Crippen LogP) is 1.95. The maximum atomic E-state index is 5.78. The van der Waals surface area contributed by atoms with Gasteiger partial charge in [-0.1, -0.05) is 6.07 Å². The largest absolute Gasteiger partial charge is 0.374 e. The zero-order valence-corrected chi connectivity index (χ0v) is 11.5. The molecule has 0 radical (unpaired) electrons. The first-order chi connectivity index (χ1) is 8.25. The summed E-state index contributed by atoms with van der Waals surface area (Å²) in [6, 6.07) is 4.89. The first-order valence-electron chi connectivity index (χ1n) is 6.34. The van der Waals surface area contributed by atoms with E-state index in [1.807, 2.05) is 11.3 Å². The Morgan fingerprint density at radius 3 is 3.06 bits per heavy atom. The molecule has 2 heterocycles. The third-order valence-electron chi connectivity index (χ3n) is 3.11. The minimum Gasteiger partial charge on any atom is -0.374 e. The molecule has 1 aliphatic rings. The minimum absolute atomic E-state index is 0.339. The number of hydrogen-bond acceptors (Lipinski definition) is 4. The maximum Gasteiger partial charge on any atom is 0.0826 e. The van der Waals surface area contributed by atoms with Crippen LogP contribution in [0.3, 0.4) is 0 Å². The van der Waals surface area contributed by atoms with Gasteiger partial charge in [0.15, 0.2) is 0 Å². The Labute approximate surface area is 108 Å². The van der Waals surface area contributed by atoms with Crippen molar-refractivity contribution in [3.05, 3.63) is 22.4 Å². The molecule has 1 aliphatic heterocycles. The normalized spacial score (nSPS) is 21.3. The van der Waals surface area contributed by atoms with Gasteiger partial charge in [-0.15, -0.1) is 11.3 Å². The van der Waals surface area contributed by atoms with Crippen molar-refractivity contribution >= 4 is 11.3 Å². The van der Waals surface area contributed by atoms with E-state index in [2.05, 4.69) is 41.6 Å². The zero-order valence-electron chi connectivity index (χ0n) is 10.7. The molecule has 96 valence electrons. The molecule has 1 atom stereocenters. The molecule has 0 amide bonds. The van der Waals surface area contributed by atoms with Crippen molar-refractivity contribution in [1.82, 2.24) is 10.2 Å². The van der Waals surface area contributed by atoms with Gasteiger partial charge in [0.05, 0.1) is 12.7 Å². The molecule has 1 fully saturated rings. The summed E-state index contributed by atoms with van der Waals surface area (Å²) in [4.78, 5) is 3.92. The van der Waals surface area contributed by atoms with Gasteiger partial charge < -0.3 is 10.1 Å². The first-order valence-corrected chi connectivity index (χ1v) is 7.22. The lowest BCUT2D eigenvalue weighted by Crippen LogP contribution is -2.46. The zero-order chi connectivity index (χ0) is 12.1. The minimum atomic E-state index is 0.339. The van der Waals surface area contributed by atoms with E-state index >= 15 is 0 Å². The third kappa shape index (κ3) is 4.07. The fraction of sp³-hybridized carbons (Fsp3) is 0.692. The molecule has 1 unspecified atom stereocenters. The van der Waals surface area contributed by atoms with E-state index in [0.717, 1.165) is 32.8 Å². The lowest BCUT2D eigenvalue weighted by atomic mass is 10.2. The van der Waals surface area contributed by atoms with Crippen molar-refractivity contribution in [2.45, 2.75) is 32.5 Å². The van der Waals surface area contributed by atoms with Crippen LogP contribution in [0.4, 0.5) is 0 Å². The summed E-state index contributed by atoms with van der Waals surface area (Å²) in [5, 5.41) is 5.53. The summed E-state index contributed by atoms with van der Waals surface area (Å²) in [5.41, 5.74) is 0. The molecule has 0 aromatic carbocycles. The van der Waals surface area contributed by atoms with Crippen molar-refractivity contribution in [2.75, 3.05) is 26.2 Å². The van der Waals surface area contributed by atoms with Crippen LogP contribution in [0.25, 0.3) is 0 Å². The average Bonchev–Trinajstić information content (AvgIpc) is 2.82. The summed E-state index contributed by atoms with van der Waals surface area (Å²) < 4.78 is 5.78. The number of nitrogens with one attached hydrogen (secondary N) is 1. The highest BCUT2D eigenvalue weighted by Crippen LogP contribution is 2.15. The average molecular weight is 254 g/mol. The molecule has 1 aromatic heterocycles. The number of nitrogens with zero attached hydrogens (tertiary/aromatic N) is 1. The topological polar surface area (TPSA) is 24.5 Å². The highest BCUT2D eigenvalue weighted by atomic mass is 32.1. The Morgan fingerprint density at radius 2 is 2.47 bits per heavy atom. The number of rotatable bonds is 5. The van der Waals surface area contributed by atoms with Crippen molar-refractivity contribution in [2.24, 2.45) is 0 Å². The second kappa shape index (κ2) is 6.50. The number of thiophene rings is 1. The fourth-order valence-corrected chi connectivity index (χ4v) is 2.79. The molecule has 1 N–H and O–H groups in total. The van der Waals surface area contributed by atoms with Crippen molar-refractivity contribution in [3.8, 4) is 0 Å². The Kier molecular flexibility index (Phi) is 4.98. The Hall–Kier alpha value is -0.420. The lowest BCUT2D eigenvalue weighted by Gasteiger charge is -2.32. The number of ether oxygens (including phenoxy) is 1. The van der Waals surface area contributed by atoms with Crippen molar-refractivity contribution in [1.29, 1.82) is 0 Å². The van der Waals surface area contributed by atoms with Gasteiger partial charge in [-0.3, -0.25) is 4.90 Å². The predicted molar refractivity (Wildman–Crippen MR) is 72.5 cm³/mol. The number of hydrogen-bond donors (Lipinski definition) is 1. The number of morpholine rings is 1. The molecule has 4 heteroatoms. The van der Waals surface area contributed by atoms with E-state index in [9.17, 15) is 0 Å². The fourth-order valence-electron chi connectivity index (χ4n) is 2.06. The van der Waals surface area contributed by atoms with Crippen LogP contribution in [0.5, 0.6) is 0 Å². The van der Waals surface area contributed by atoms with Gasteiger partial charge in [0, 0.05) is 37.1 Å². The van der Waals surface area contributed by atoms with Gasteiger partial charge in [-0.2, -0.15) is 0 Å². The summed E-state index contributed by atoms with van der Waals surface area (Å²) in [7, 11) is 0. The second-order valence-electron chi connectivity index (χ2n) is 4.80. The highest BCUT2D eigenvalue weighted by Gasteiger charge is 2.19. The third-order valence-corrected chi connectivity index (χ3v) is 3.97. The van der Waals surface area contributed by atoms with Crippen LogP contribution in [0, 0.1) is 0 Å². The first kappa shape index (κ1) is 13.0. The van der Waals surface area contributed by atoms with Gasteiger partial charge in [0.25, 0.3) is 0 Å². The van der Waals surface area contributed by atoms with E-state index in [1.165, 1.54) is 4.88 Å². The van der Waals surface area contributed by atoms with Crippen LogP contribution in [0.15, 0.2) is 17.5 Å². The molecular weight excluding hydrogens is 232 g/mol. The second-order valence-corrected chi connectivity index (χ2v) is 5.83. The molecule has 0 spiro atoms. The summed E-state index contributed by atoms with van der Waals surface area (Å²) in [6.07, 6.45) is 0.339. The highest BCUT2D eigenvalue weighted by molar-refractivity contribution is 7.09. The Morgan fingerprint density at radius 1 is 1.59 bits per heavy atom. The molecule has 0 aliphatic carbocycles. The van der Waals surface area contributed by atoms with Crippen LogP contribution in [-0.4, -0.2) is 43.3 Å². The van der Waals surface area contributed by atoms with Crippen molar-refractivity contribution < 1.29 is 4.74 Å².